The number of rotatable bonds is 0. The van der Waals surface area contributed by atoms with Gasteiger partial charge in [0.2, 0.25) is 0 Å². The SMILES string of the molecule is C[C@@H]1CC[C@@H](C)[Se]1(Br)Br. The Hall–Kier alpha value is 1.48. The molecule has 1 heterocycles. The first-order valence-corrected chi connectivity index (χ1v) is 13.3. The quantitative estimate of drug-likeness (QED) is 0.595. The zero-order chi connectivity index (χ0) is 7.07. The first-order chi connectivity index (χ1) is 4.05. The van der Waals surface area contributed by atoms with Crippen LogP contribution in [0.4, 0.5) is 0 Å². The third-order valence-electron chi connectivity index (χ3n) is 2.05. The molecule has 1 saturated heterocycles. The van der Waals surface area contributed by atoms with E-state index >= 15 is 0 Å². The van der Waals surface area contributed by atoms with E-state index in [2.05, 4.69) is 42.1 Å². The minimum absolute atomic E-state index is 0.927. The summed E-state index contributed by atoms with van der Waals surface area (Å²) >= 11 is 7.69. The van der Waals surface area contributed by atoms with Gasteiger partial charge in [-0.1, -0.05) is 0 Å². The predicted octanol–water partition coefficient (Wildman–Crippen LogP) is 3.79. The normalized spacial score (nSPS) is 44.9. The molecule has 1 rings (SSSR count). The van der Waals surface area contributed by atoms with Gasteiger partial charge < -0.3 is 0 Å². The van der Waals surface area contributed by atoms with Gasteiger partial charge in [0.05, 0.1) is 0 Å². The van der Waals surface area contributed by atoms with Crippen molar-refractivity contribution >= 4 is 37.4 Å². The zero-order valence-electron chi connectivity index (χ0n) is 5.73. The van der Waals surface area contributed by atoms with Crippen molar-refractivity contribution in [1.82, 2.24) is 0 Å². The molecule has 0 aromatic heterocycles. The summed E-state index contributed by atoms with van der Waals surface area (Å²) in [5, 5.41) is 0. The first-order valence-electron chi connectivity index (χ1n) is 3.25. The summed E-state index contributed by atoms with van der Waals surface area (Å²) in [6.45, 7) is 4.71. The molecule has 3 heteroatoms. The first kappa shape index (κ1) is 8.57. The molecular weight excluding hydrogens is 311 g/mol. The third-order valence-corrected chi connectivity index (χ3v) is 20.8. The Bertz CT molecular complexity index is 102. The summed E-state index contributed by atoms with van der Waals surface area (Å²) in [5.41, 5.74) is 0. The van der Waals surface area contributed by atoms with Gasteiger partial charge in [-0.2, -0.15) is 0 Å². The monoisotopic (exact) mass is 322 g/mol. The van der Waals surface area contributed by atoms with E-state index in [1.807, 2.05) is 0 Å². The minimum atomic E-state index is -1.29. The van der Waals surface area contributed by atoms with Gasteiger partial charge in [0, 0.05) is 0 Å². The van der Waals surface area contributed by atoms with Gasteiger partial charge >= 0.3 is 73.8 Å². The summed E-state index contributed by atoms with van der Waals surface area (Å²) in [4.78, 5) is 1.85. The molecule has 56 valence electrons. The van der Waals surface area contributed by atoms with E-state index < -0.39 is 9.23 Å². The summed E-state index contributed by atoms with van der Waals surface area (Å²) in [6.07, 6.45) is 2.83. The fourth-order valence-corrected chi connectivity index (χ4v) is 8.62. The number of halogens is 2. The van der Waals surface area contributed by atoms with Crippen LogP contribution in [0.15, 0.2) is 0 Å². The molecule has 0 aliphatic carbocycles. The summed E-state index contributed by atoms with van der Waals surface area (Å²) in [6, 6.07) is 0. The van der Waals surface area contributed by atoms with Crippen molar-refractivity contribution in [3.05, 3.63) is 0 Å². The van der Waals surface area contributed by atoms with Crippen LogP contribution in [0.5, 0.6) is 0 Å². The average Bonchev–Trinajstić information content (AvgIpc) is 1.96. The van der Waals surface area contributed by atoms with Gasteiger partial charge in [-0.15, -0.1) is 0 Å². The van der Waals surface area contributed by atoms with Crippen LogP contribution in [-0.4, -0.2) is 9.23 Å². The third kappa shape index (κ3) is 1.55. The maximum absolute atomic E-state index is 3.85. The van der Waals surface area contributed by atoms with Crippen LogP contribution >= 0.6 is 28.2 Å². The van der Waals surface area contributed by atoms with Gasteiger partial charge in [-0.25, -0.2) is 0 Å². The van der Waals surface area contributed by atoms with Crippen LogP contribution in [-0.2, 0) is 0 Å². The molecular formula is C6H12Br2Se. The molecule has 0 nitrogen and oxygen atoms in total. The summed E-state index contributed by atoms with van der Waals surface area (Å²) in [5.74, 6) is 0. The fraction of sp³-hybridized carbons (Fsp3) is 1.00. The molecule has 9 heavy (non-hydrogen) atoms. The van der Waals surface area contributed by atoms with E-state index in [-0.39, 0.29) is 0 Å². The zero-order valence-corrected chi connectivity index (χ0v) is 10.6. The number of hydrogen-bond acceptors (Lipinski definition) is 0. The van der Waals surface area contributed by atoms with Crippen molar-refractivity contribution in [3.8, 4) is 0 Å². The second kappa shape index (κ2) is 2.84. The Labute approximate surface area is 73.4 Å². The second-order valence-corrected chi connectivity index (χ2v) is 24.1. The average molecular weight is 323 g/mol. The van der Waals surface area contributed by atoms with Crippen LogP contribution in [0.1, 0.15) is 26.7 Å². The maximum atomic E-state index is 3.85. The van der Waals surface area contributed by atoms with Crippen molar-refractivity contribution in [1.29, 1.82) is 0 Å². The van der Waals surface area contributed by atoms with Crippen LogP contribution in [0, 0.1) is 0 Å². The van der Waals surface area contributed by atoms with E-state index in [1.165, 1.54) is 12.8 Å². The molecule has 0 N–H and O–H groups in total. The van der Waals surface area contributed by atoms with Crippen molar-refractivity contribution in [2.45, 2.75) is 36.3 Å². The molecule has 0 saturated carbocycles. The van der Waals surface area contributed by atoms with Gasteiger partial charge in [-0.05, 0) is 0 Å². The van der Waals surface area contributed by atoms with Gasteiger partial charge in [0.25, 0.3) is 0 Å². The Morgan fingerprint density at radius 2 is 1.44 bits per heavy atom. The van der Waals surface area contributed by atoms with Crippen molar-refractivity contribution in [2.75, 3.05) is 0 Å². The van der Waals surface area contributed by atoms with E-state index in [9.17, 15) is 0 Å². The van der Waals surface area contributed by atoms with Crippen LogP contribution in [0.2, 0.25) is 9.63 Å². The fourth-order valence-electron chi connectivity index (χ4n) is 1.18. The van der Waals surface area contributed by atoms with Crippen LogP contribution in [0.25, 0.3) is 0 Å². The molecule has 0 radical (unpaired) electrons. The molecule has 0 bridgehead atoms. The Balaban J connectivity index is 2.66. The summed E-state index contributed by atoms with van der Waals surface area (Å²) < 4.78 is 0. The molecule has 1 aliphatic rings. The van der Waals surface area contributed by atoms with Gasteiger partial charge in [-0.3, -0.25) is 0 Å². The molecule has 0 amide bonds. The second-order valence-electron chi connectivity index (χ2n) is 2.75. The molecule has 1 aliphatic heterocycles. The van der Waals surface area contributed by atoms with E-state index in [4.69, 9.17) is 0 Å². The molecule has 0 spiro atoms. The van der Waals surface area contributed by atoms with Crippen molar-refractivity contribution < 1.29 is 0 Å². The Kier molecular flexibility index (Phi) is 2.71. The van der Waals surface area contributed by atoms with Crippen LogP contribution in [0.3, 0.4) is 0 Å². The van der Waals surface area contributed by atoms with Crippen molar-refractivity contribution in [3.63, 3.8) is 0 Å². The standard InChI is InChI=1S/C6H12Br2Se/c1-5-3-4-6(2)9(5,7)8/h5-6H,3-4H2,1-2H3/t5-,6-/m1/s1. The van der Waals surface area contributed by atoms with E-state index in [0.717, 1.165) is 9.63 Å². The Morgan fingerprint density at radius 1 is 1.11 bits per heavy atom. The molecule has 2 atom stereocenters. The van der Waals surface area contributed by atoms with Gasteiger partial charge in [0.15, 0.2) is 0 Å². The van der Waals surface area contributed by atoms with Crippen LogP contribution < -0.4 is 0 Å². The Morgan fingerprint density at radius 3 is 1.56 bits per heavy atom. The molecule has 0 unspecified atom stereocenters. The topological polar surface area (TPSA) is 0 Å². The number of hydrogen-bond donors (Lipinski definition) is 0. The van der Waals surface area contributed by atoms with Crippen molar-refractivity contribution in [2.24, 2.45) is 0 Å². The summed E-state index contributed by atoms with van der Waals surface area (Å²) in [7, 11) is -1.29. The molecule has 0 aromatic rings. The molecule has 1 fully saturated rings. The van der Waals surface area contributed by atoms with E-state index in [1.54, 1.807) is 0 Å². The van der Waals surface area contributed by atoms with E-state index in [0.29, 0.717) is 0 Å². The molecule has 0 aromatic carbocycles. The predicted molar refractivity (Wildman–Crippen MR) is 51.7 cm³/mol. The van der Waals surface area contributed by atoms with Gasteiger partial charge in [0.1, 0.15) is 0 Å².